The van der Waals surface area contributed by atoms with Gasteiger partial charge in [0.15, 0.2) is 0 Å². The first-order chi connectivity index (χ1) is 10.1. The Kier molecular flexibility index (Phi) is 3.19. The minimum atomic E-state index is -0.601. The number of halogens is 2. The molecule has 4 N–H and O–H groups in total. The minimum absolute atomic E-state index is 0.0190. The van der Waals surface area contributed by atoms with E-state index in [0.29, 0.717) is 22.5 Å². The number of amides is 1. The fourth-order valence-electron chi connectivity index (χ4n) is 1.96. The van der Waals surface area contributed by atoms with Gasteiger partial charge in [0, 0.05) is 11.9 Å². The molecule has 0 unspecified atom stereocenters. The molecular formula is C13H9ClFN5O. The van der Waals surface area contributed by atoms with E-state index in [0.717, 1.165) is 0 Å². The van der Waals surface area contributed by atoms with E-state index in [-0.39, 0.29) is 10.6 Å². The summed E-state index contributed by atoms with van der Waals surface area (Å²) in [4.78, 5) is 22.4. The van der Waals surface area contributed by atoms with Crippen LogP contribution in [0.4, 0.5) is 15.9 Å². The zero-order chi connectivity index (χ0) is 15.0. The fraction of sp³-hybridized carbons (Fsp3) is 0. The summed E-state index contributed by atoms with van der Waals surface area (Å²) in [5, 5.41) is 3.41. The van der Waals surface area contributed by atoms with Crippen molar-refractivity contribution in [1.29, 1.82) is 0 Å². The fourth-order valence-corrected chi connectivity index (χ4v) is 2.14. The monoisotopic (exact) mass is 305 g/mol. The van der Waals surface area contributed by atoms with E-state index in [2.05, 4.69) is 20.3 Å². The summed E-state index contributed by atoms with van der Waals surface area (Å²) in [6.45, 7) is 0. The molecule has 0 spiro atoms. The zero-order valence-electron chi connectivity index (χ0n) is 10.5. The Morgan fingerprint density at radius 2 is 2.19 bits per heavy atom. The summed E-state index contributed by atoms with van der Waals surface area (Å²) in [7, 11) is 0. The summed E-state index contributed by atoms with van der Waals surface area (Å²) in [5.74, 6) is -0.747. The van der Waals surface area contributed by atoms with Crippen molar-refractivity contribution in [3.63, 3.8) is 0 Å². The number of anilines is 2. The molecular weight excluding hydrogens is 297 g/mol. The second-order valence-corrected chi connectivity index (χ2v) is 4.67. The molecule has 1 aromatic carbocycles. The summed E-state index contributed by atoms with van der Waals surface area (Å²) in [5.41, 5.74) is 6.58. The minimum Gasteiger partial charge on any atom is -0.366 e. The van der Waals surface area contributed by atoms with Crippen LogP contribution in [0.25, 0.3) is 11.0 Å². The average molecular weight is 306 g/mol. The Hall–Kier alpha value is -2.67. The second-order valence-electron chi connectivity index (χ2n) is 4.27. The van der Waals surface area contributed by atoms with Gasteiger partial charge in [-0.2, -0.15) is 0 Å². The van der Waals surface area contributed by atoms with Gasteiger partial charge in [-0.25, -0.2) is 14.4 Å². The van der Waals surface area contributed by atoms with Gasteiger partial charge in [-0.05, 0) is 18.2 Å². The Labute approximate surface area is 123 Å². The lowest BCUT2D eigenvalue weighted by Gasteiger charge is -2.08. The maximum Gasteiger partial charge on any atom is 0.251 e. The van der Waals surface area contributed by atoms with Crippen LogP contribution in [0.1, 0.15) is 10.4 Å². The third kappa shape index (κ3) is 2.38. The maximum absolute atomic E-state index is 13.2. The third-order valence-electron chi connectivity index (χ3n) is 2.92. The molecule has 6 nitrogen and oxygen atoms in total. The van der Waals surface area contributed by atoms with Crippen molar-refractivity contribution in [2.45, 2.75) is 0 Å². The van der Waals surface area contributed by atoms with Crippen LogP contribution in [-0.4, -0.2) is 20.9 Å². The first-order valence-corrected chi connectivity index (χ1v) is 6.28. The second kappa shape index (κ2) is 5.02. The highest BCUT2D eigenvalue weighted by molar-refractivity contribution is 6.31. The van der Waals surface area contributed by atoms with Crippen LogP contribution in [0.15, 0.2) is 30.7 Å². The molecule has 3 aromatic rings. The molecule has 106 valence electrons. The van der Waals surface area contributed by atoms with Gasteiger partial charge < -0.3 is 16.0 Å². The van der Waals surface area contributed by atoms with Crippen molar-refractivity contribution in [1.82, 2.24) is 15.0 Å². The van der Waals surface area contributed by atoms with E-state index in [1.54, 1.807) is 0 Å². The zero-order valence-corrected chi connectivity index (χ0v) is 11.3. The predicted octanol–water partition coefficient (Wildman–Crippen LogP) is 2.59. The summed E-state index contributed by atoms with van der Waals surface area (Å²) in [6, 6.07) is 4.16. The predicted molar refractivity (Wildman–Crippen MR) is 77.1 cm³/mol. The molecule has 0 bridgehead atoms. The average Bonchev–Trinajstić information content (AvgIpc) is 2.88. The Morgan fingerprint density at radius 3 is 2.90 bits per heavy atom. The first-order valence-electron chi connectivity index (χ1n) is 5.90. The molecule has 0 aliphatic heterocycles. The van der Waals surface area contributed by atoms with E-state index in [9.17, 15) is 9.18 Å². The highest BCUT2D eigenvalue weighted by Gasteiger charge is 2.15. The summed E-state index contributed by atoms with van der Waals surface area (Å²) < 4.78 is 13.2. The number of rotatable bonds is 3. The van der Waals surface area contributed by atoms with Crippen molar-refractivity contribution in [2.24, 2.45) is 5.73 Å². The van der Waals surface area contributed by atoms with Gasteiger partial charge in [-0.3, -0.25) is 4.79 Å². The number of aromatic nitrogens is 3. The summed E-state index contributed by atoms with van der Waals surface area (Å²) >= 11 is 5.73. The van der Waals surface area contributed by atoms with Crippen LogP contribution in [0.5, 0.6) is 0 Å². The Morgan fingerprint density at radius 1 is 1.38 bits per heavy atom. The van der Waals surface area contributed by atoms with E-state index in [4.69, 9.17) is 17.3 Å². The molecule has 8 heteroatoms. The first kappa shape index (κ1) is 13.3. The lowest BCUT2D eigenvalue weighted by molar-refractivity contribution is 0.100. The van der Waals surface area contributed by atoms with Gasteiger partial charge in [0.25, 0.3) is 5.91 Å². The number of nitrogens with two attached hydrogens (primary N) is 1. The summed E-state index contributed by atoms with van der Waals surface area (Å²) in [6.07, 6.45) is 2.79. The topological polar surface area (TPSA) is 96.7 Å². The lowest BCUT2D eigenvalue weighted by atomic mass is 10.2. The number of benzene rings is 1. The quantitative estimate of drug-likeness (QED) is 0.693. The number of hydrogen-bond donors (Lipinski definition) is 3. The molecule has 0 aliphatic rings. The number of nitrogens with zero attached hydrogens (tertiary/aromatic N) is 2. The van der Waals surface area contributed by atoms with Gasteiger partial charge in [0.1, 0.15) is 23.6 Å². The lowest BCUT2D eigenvalue weighted by Crippen LogP contribution is -2.10. The number of H-pyrrole nitrogens is 1. The maximum atomic E-state index is 13.2. The number of nitrogens with one attached hydrogen (secondary N) is 2. The Bertz CT molecular complexity index is 848. The van der Waals surface area contributed by atoms with Crippen LogP contribution >= 0.6 is 11.6 Å². The smallest absolute Gasteiger partial charge is 0.251 e. The SMILES string of the molecule is NC(=O)c1c[nH]c2ncnc(Nc3ccc(F)c(Cl)c3)c12. The standard InChI is InChI=1S/C13H9ClFN5O/c14-8-3-6(1-2-9(8)15)20-13-10-7(11(16)21)4-17-12(10)18-5-19-13/h1-5H,(H2,16,21)(H2,17,18,19,20). The number of hydrogen-bond acceptors (Lipinski definition) is 4. The van der Waals surface area contributed by atoms with Gasteiger partial charge >= 0.3 is 0 Å². The molecule has 2 aromatic heterocycles. The van der Waals surface area contributed by atoms with Crippen LogP contribution in [0.2, 0.25) is 5.02 Å². The van der Waals surface area contributed by atoms with E-state index < -0.39 is 11.7 Å². The van der Waals surface area contributed by atoms with E-state index >= 15 is 0 Å². The third-order valence-corrected chi connectivity index (χ3v) is 3.21. The molecule has 1 amide bonds. The van der Waals surface area contributed by atoms with E-state index in [1.165, 1.54) is 30.7 Å². The van der Waals surface area contributed by atoms with Gasteiger partial charge in [-0.15, -0.1) is 0 Å². The van der Waals surface area contributed by atoms with Gasteiger partial charge in [0.2, 0.25) is 0 Å². The highest BCUT2D eigenvalue weighted by atomic mass is 35.5. The largest absolute Gasteiger partial charge is 0.366 e. The van der Waals surface area contributed by atoms with Crippen molar-refractivity contribution in [2.75, 3.05) is 5.32 Å². The molecule has 0 radical (unpaired) electrons. The number of aromatic amines is 1. The molecule has 3 rings (SSSR count). The van der Waals surface area contributed by atoms with Crippen molar-refractivity contribution in [3.8, 4) is 0 Å². The number of primary amides is 1. The van der Waals surface area contributed by atoms with Crippen LogP contribution in [0.3, 0.4) is 0 Å². The number of carbonyl (C=O) groups is 1. The number of fused-ring (bicyclic) bond motifs is 1. The molecule has 0 saturated heterocycles. The normalized spacial score (nSPS) is 10.8. The highest BCUT2D eigenvalue weighted by Crippen LogP contribution is 2.27. The Balaban J connectivity index is 2.09. The van der Waals surface area contributed by atoms with Gasteiger partial charge in [0.05, 0.1) is 16.0 Å². The molecule has 0 aliphatic carbocycles. The molecule has 2 heterocycles. The van der Waals surface area contributed by atoms with Crippen molar-refractivity contribution < 1.29 is 9.18 Å². The van der Waals surface area contributed by atoms with E-state index in [1.807, 2.05) is 0 Å². The molecule has 0 saturated carbocycles. The molecule has 0 atom stereocenters. The van der Waals surface area contributed by atoms with Crippen molar-refractivity contribution >= 4 is 40.0 Å². The molecule has 21 heavy (non-hydrogen) atoms. The molecule has 0 fully saturated rings. The van der Waals surface area contributed by atoms with Crippen LogP contribution in [-0.2, 0) is 0 Å². The van der Waals surface area contributed by atoms with Crippen LogP contribution in [0, 0.1) is 5.82 Å². The van der Waals surface area contributed by atoms with Crippen molar-refractivity contribution in [3.05, 3.63) is 47.1 Å². The van der Waals surface area contributed by atoms with Gasteiger partial charge in [-0.1, -0.05) is 11.6 Å². The number of carbonyl (C=O) groups excluding carboxylic acids is 1. The van der Waals surface area contributed by atoms with Crippen LogP contribution < -0.4 is 11.1 Å².